The molecule has 1 heterocycles. The van der Waals surface area contributed by atoms with Gasteiger partial charge in [0.25, 0.3) is 0 Å². The van der Waals surface area contributed by atoms with Crippen LogP contribution in [-0.4, -0.2) is 28.6 Å². The van der Waals surface area contributed by atoms with Crippen molar-refractivity contribution in [3.8, 4) is 5.75 Å². The van der Waals surface area contributed by atoms with Crippen molar-refractivity contribution in [3.63, 3.8) is 0 Å². The first kappa shape index (κ1) is 14.6. The fourth-order valence-corrected chi connectivity index (χ4v) is 3.38. The molecule has 1 N–H and O–H groups in total. The van der Waals surface area contributed by atoms with Gasteiger partial charge in [-0.25, -0.2) is 4.98 Å². The molecule has 0 saturated heterocycles. The highest BCUT2D eigenvalue weighted by Crippen LogP contribution is 2.24. The molecule has 2 rings (SSSR count). The minimum atomic E-state index is 0.731. The van der Waals surface area contributed by atoms with Crippen LogP contribution in [0.15, 0.2) is 23.4 Å². The molecule has 1 aromatic heterocycles. The van der Waals surface area contributed by atoms with Crippen LogP contribution in [0, 0.1) is 5.92 Å². The molecule has 0 radical (unpaired) electrons. The maximum atomic E-state index is 5.21. The molecule has 1 aromatic carbocycles. The summed E-state index contributed by atoms with van der Waals surface area (Å²) in [6.45, 7) is 2.28. The molecule has 3 nitrogen and oxygen atoms in total. The largest absolute Gasteiger partial charge is 0.497 e. The zero-order valence-corrected chi connectivity index (χ0v) is 13.1. The van der Waals surface area contributed by atoms with Crippen LogP contribution in [0.5, 0.6) is 5.75 Å². The second-order valence-corrected chi connectivity index (χ2v) is 6.21. The van der Waals surface area contributed by atoms with E-state index >= 15 is 0 Å². The Kier molecular flexibility index (Phi) is 5.45. The van der Waals surface area contributed by atoms with E-state index in [4.69, 9.17) is 4.74 Å². The number of ether oxygens (including phenoxy) is 1. The maximum absolute atomic E-state index is 5.21. The van der Waals surface area contributed by atoms with Crippen LogP contribution in [0.25, 0.3) is 11.0 Å². The molecular weight excluding hydrogens is 276 g/mol. The minimum absolute atomic E-state index is 0.731. The fraction of sp³-hybridized carbons (Fsp3) is 0.500. The number of imidazole rings is 1. The number of thiol groups is 1. The summed E-state index contributed by atoms with van der Waals surface area (Å²) >= 11 is 6.05. The molecule has 5 heteroatoms. The van der Waals surface area contributed by atoms with Crippen LogP contribution in [-0.2, 0) is 0 Å². The van der Waals surface area contributed by atoms with E-state index in [0.717, 1.165) is 39.4 Å². The second-order valence-electron chi connectivity index (χ2n) is 4.68. The Bertz CT molecular complexity index is 527. The average Bonchev–Trinajstić information content (AvgIpc) is 2.80. The van der Waals surface area contributed by atoms with E-state index in [1.165, 1.54) is 12.8 Å². The SMILES string of the molecule is COc1ccc2nc(SCCC(C)CCS)[nH]c2c1. The van der Waals surface area contributed by atoms with Gasteiger partial charge < -0.3 is 9.72 Å². The summed E-state index contributed by atoms with van der Waals surface area (Å²) in [5.74, 6) is 3.65. The van der Waals surface area contributed by atoms with Crippen molar-refractivity contribution in [3.05, 3.63) is 18.2 Å². The Balaban J connectivity index is 1.94. The van der Waals surface area contributed by atoms with Crippen molar-refractivity contribution in [2.75, 3.05) is 18.6 Å². The van der Waals surface area contributed by atoms with Gasteiger partial charge in [0.05, 0.1) is 18.1 Å². The van der Waals surface area contributed by atoms with Crippen LogP contribution >= 0.6 is 24.4 Å². The van der Waals surface area contributed by atoms with Gasteiger partial charge >= 0.3 is 0 Å². The topological polar surface area (TPSA) is 37.9 Å². The van der Waals surface area contributed by atoms with Gasteiger partial charge in [0.2, 0.25) is 0 Å². The number of benzene rings is 1. The molecule has 1 atom stereocenters. The number of methoxy groups -OCH3 is 1. The molecule has 0 bridgehead atoms. The normalized spacial score (nSPS) is 12.8. The molecule has 104 valence electrons. The number of nitrogens with one attached hydrogen (secondary N) is 1. The highest BCUT2D eigenvalue weighted by atomic mass is 32.2. The van der Waals surface area contributed by atoms with Gasteiger partial charge in [0, 0.05) is 11.8 Å². The Morgan fingerprint density at radius 3 is 3.00 bits per heavy atom. The van der Waals surface area contributed by atoms with E-state index in [1.807, 2.05) is 18.2 Å². The molecule has 0 spiro atoms. The number of aromatic nitrogens is 2. The highest BCUT2D eigenvalue weighted by Gasteiger charge is 2.06. The van der Waals surface area contributed by atoms with Gasteiger partial charge in [-0.15, -0.1) is 0 Å². The summed E-state index contributed by atoms with van der Waals surface area (Å²) in [6.07, 6.45) is 2.38. The van der Waals surface area contributed by atoms with Crippen LogP contribution in [0.3, 0.4) is 0 Å². The summed E-state index contributed by atoms with van der Waals surface area (Å²) in [5.41, 5.74) is 2.02. The van der Waals surface area contributed by atoms with Gasteiger partial charge in [-0.3, -0.25) is 0 Å². The number of H-pyrrole nitrogens is 1. The number of fused-ring (bicyclic) bond motifs is 1. The predicted molar refractivity (Wildman–Crippen MR) is 85.6 cm³/mol. The van der Waals surface area contributed by atoms with E-state index in [2.05, 4.69) is 29.5 Å². The highest BCUT2D eigenvalue weighted by molar-refractivity contribution is 7.99. The lowest BCUT2D eigenvalue weighted by molar-refractivity contribution is 0.415. The number of rotatable bonds is 7. The molecule has 0 saturated carbocycles. The van der Waals surface area contributed by atoms with Crippen LogP contribution < -0.4 is 4.74 Å². The molecule has 2 aromatic rings. The third kappa shape index (κ3) is 4.08. The molecule has 19 heavy (non-hydrogen) atoms. The van der Waals surface area contributed by atoms with E-state index in [1.54, 1.807) is 18.9 Å². The van der Waals surface area contributed by atoms with Crippen LogP contribution in [0.4, 0.5) is 0 Å². The van der Waals surface area contributed by atoms with E-state index < -0.39 is 0 Å². The summed E-state index contributed by atoms with van der Waals surface area (Å²) in [5, 5.41) is 0.987. The molecular formula is C14H20N2OS2. The summed E-state index contributed by atoms with van der Waals surface area (Å²) in [4.78, 5) is 7.90. The quantitative estimate of drug-likeness (QED) is 0.599. The number of nitrogens with zero attached hydrogens (tertiary/aromatic N) is 1. The first-order valence-corrected chi connectivity index (χ1v) is 8.12. The lowest BCUT2D eigenvalue weighted by Crippen LogP contribution is -1.97. The predicted octanol–water partition coefficient (Wildman–Crippen LogP) is 4.01. The monoisotopic (exact) mass is 296 g/mol. The average molecular weight is 296 g/mol. The lowest BCUT2D eigenvalue weighted by atomic mass is 10.1. The first-order chi connectivity index (χ1) is 9.22. The van der Waals surface area contributed by atoms with Crippen molar-refractivity contribution in [2.24, 2.45) is 5.92 Å². The smallest absolute Gasteiger partial charge is 0.166 e. The fourth-order valence-electron chi connectivity index (χ4n) is 1.88. The van der Waals surface area contributed by atoms with Gasteiger partial charge in [-0.05, 0) is 36.6 Å². The summed E-state index contributed by atoms with van der Waals surface area (Å²) in [7, 11) is 1.68. The standard InChI is InChI=1S/C14H20N2OS2/c1-10(5-7-18)6-8-19-14-15-12-4-3-11(17-2)9-13(12)16-14/h3-4,9-10,18H,5-8H2,1-2H3,(H,15,16). The minimum Gasteiger partial charge on any atom is -0.497 e. The van der Waals surface area contributed by atoms with Gasteiger partial charge in [-0.1, -0.05) is 18.7 Å². The third-order valence-corrected chi connectivity index (χ3v) is 4.30. The molecule has 0 amide bonds. The van der Waals surface area contributed by atoms with Crippen molar-refractivity contribution >= 4 is 35.4 Å². The number of thioether (sulfide) groups is 1. The Morgan fingerprint density at radius 2 is 2.26 bits per heavy atom. The Morgan fingerprint density at radius 1 is 1.42 bits per heavy atom. The van der Waals surface area contributed by atoms with Crippen LogP contribution in [0.1, 0.15) is 19.8 Å². The summed E-state index contributed by atoms with van der Waals surface area (Å²) in [6, 6.07) is 5.90. The van der Waals surface area contributed by atoms with Gasteiger partial charge in [-0.2, -0.15) is 12.6 Å². The lowest BCUT2D eigenvalue weighted by Gasteiger charge is -2.07. The zero-order valence-electron chi connectivity index (χ0n) is 11.3. The van der Waals surface area contributed by atoms with Crippen molar-refractivity contribution < 1.29 is 4.74 Å². The molecule has 0 aliphatic carbocycles. The molecule has 0 aliphatic heterocycles. The number of hydrogen-bond donors (Lipinski definition) is 2. The Labute approximate surface area is 123 Å². The Hall–Kier alpha value is -0.810. The van der Waals surface area contributed by atoms with Crippen molar-refractivity contribution in [1.82, 2.24) is 9.97 Å². The number of hydrogen-bond acceptors (Lipinski definition) is 4. The molecule has 1 unspecified atom stereocenters. The second kappa shape index (κ2) is 7.10. The maximum Gasteiger partial charge on any atom is 0.166 e. The van der Waals surface area contributed by atoms with E-state index in [0.29, 0.717) is 0 Å². The van der Waals surface area contributed by atoms with Gasteiger partial charge in [0.1, 0.15) is 5.75 Å². The third-order valence-electron chi connectivity index (χ3n) is 3.14. The first-order valence-electron chi connectivity index (χ1n) is 6.50. The van der Waals surface area contributed by atoms with E-state index in [-0.39, 0.29) is 0 Å². The molecule has 0 aliphatic rings. The summed E-state index contributed by atoms with van der Waals surface area (Å²) < 4.78 is 5.21. The van der Waals surface area contributed by atoms with Crippen LogP contribution in [0.2, 0.25) is 0 Å². The van der Waals surface area contributed by atoms with Gasteiger partial charge in [0.15, 0.2) is 5.16 Å². The number of aromatic amines is 1. The van der Waals surface area contributed by atoms with E-state index in [9.17, 15) is 0 Å². The van der Waals surface area contributed by atoms with Crippen molar-refractivity contribution in [2.45, 2.75) is 24.9 Å². The zero-order chi connectivity index (χ0) is 13.7. The molecule has 0 fully saturated rings. The van der Waals surface area contributed by atoms with Crippen molar-refractivity contribution in [1.29, 1.82) is 0 Å².